The third kappa shape index (κ3) is 9.03. The molecule has 0 saturated carbocycles. The number of piperazine rings is 1. The molecule has 3 aromatic rings. The van der Waals surface area contributed by atoms with E-state index in [0.29, 0.717) is 28.4 Å². The molecule has 4 rings (SSSR count). The Morgan fingerprint density at radius 2 is 1.60 bits per heavy atom. The first-order valence-electron chi connectivity index (χ1n) is 14.4. The van der Waals surface area contributed by atoms with Crippen LogP contribution in [0.5, 0.6) is 11.5 Å². The molecule has 0 unspecified atom stereocenters. The first kappa shape index (κ1) is 35.7. The number of carboxylic acid groups (broad SMARTS) is 1. The lowest BCUT2D eigenvalue weighted by atomic mass is 10.2. The van der Waals surface area contributed by atoms with Gasteiger partial charge in [0.1, 0.15) is 11.9 Å². The molecular weight excluding hydrogens is 656 g/mol. The Kier molecular flexibility index (Phi) is 11.0. The number of hydrogen-bond donors (Lipinski definition) is 1. The maximum atomic E-state index is 14.0. The Labute approximate surface area is 269 Å². The summed E-state index contributed by atoms with van der Waals surface area (Å²) in [5, 5.41) is 13.5. The molecule has 2 amide bonds. The van der Waals surface area contributed by atoms with Crippen LogP contribution in [0.3, 0.4) is 0 Å². The second-order valence-electron chi connectivity index (χ2n) is 10.7. The zero-order valence-corrected chi connectivity index (χ0v) is 25.7. The maximum absolute atomic E-state index is 14.0. The summed E-state index contributed by atoms with van der Waals surface area (Å²) in [6.07, 6.45) is -10.5. The van der Waals surface area contributed by atoms with E-state index in [1.165, 1.54) is 18.9 Å². The molecule has 1 aliphatic heterocycles. The van der Waals surface area contributed by atoms with Gasteiger partial charge in [-0.1, -0.05) is 12.1 Å². The predicted octanol–water partition coefficient (Wildman–Crippen LogP) is 3.61. The van der Waals surface area contributed by atoms with Crippen molar-refractivity contribution in [2.75, 3.05) is 51.3 Å². The van der Waals surface area contributed by atoms with E-state index in [1.807, 2.05) is 0 Å². The maximum Gasteiger partial charge on any atom is 0.425 e. The van der Waals surface area contributed by atoms with Crippen LogP contribution in [-0.4, -0.2) is 99.1 Å². The average molecular weight is 688 g/mol. The number of halogens is 6. The highest BCUT2D eigenvalue weighted by Crippen LogP contribution is 2.34. The summed E-state index contributed by atoms with van der Waals surface area (Å²) in [7, 11) is 1.45. The van der Waals surface area contributed by atoms with Crippen LogP contribution in [0.1, 0.15) is 30.0 Å². The van der Waals surface area contributed by atoms with Crippen molar-refractivity contribution in [1.29, 1.82) is 0 Å². The van der Waals surface area contributed by atoms with Crippen LogP contribution in [0.25, 0.3) is 0 Å². The van der Waals surface area contributed by atoms with Crippen LogP contribution in [0.2, 0.25) is 0 Å². The summed E-state index contributed by atoms with van der Waals surface area (Å²) in [5.74, 6) is -0.700. The van der Waals surface area contributed by atoms with Crippen LogP contribution in [0.4, 0.5) is 37.1 Å². The minimum Gasteiger partial charge on any atom is -0.497 e. The Bertz CT molecular complexity index is 1630. The minimum atomic E-state index is -5.11. The van der Waals surface area contributed by atoms with E-state index in [0.717, 1.165) is 11.1 Å². The summed E-state index contributed by atoms with van der Waals surface area (Å²) in [6.45, 7) is 1.09. The van der Waals surface area contributed by atoms with Gasteiger partial charge in [0.2, 0.25) is 11.9 Å². The normalized spacial score (nSPS) is 14.4. The Morgan fingerprint density at radius 3 is 2.15 bits per heavy atom. The topological polar surface area (TPSA) is 143 Å². The summed E-state index contributed by atoms with van der Waals surface area (Å²) in [6, 6.07) is 6.29. The molecule has 13 nitrogen and oxygen atoms in total. The molecule has 1 fully saturated rings. The van der Waals surface area contributed by atoms with Gasteiger partial charge in [-0.25, -0.2) is 19.4 Å². The number of aromatic nitrogens is 4. The van der Waals surface area contributed by atoms with E-state index < -0.39 is 59.4 Å². The van der Waals surface area contributed by atoms with Gasteiger partial charge < -0.3 is 29.3 Å². The molecular formula is C29H31F6N7O6. The van der Waals surface area contributed by atoms with E-state index in [9.17, 15) is 45.8 Å². The lowest BCUT2D eigenvalue weighted by Crippen LogP contribution is -2.50. The summed E-state index contributed by atoms with van der Waals surface area (Å²) in [5.41, 5.74) is -3.56. The predicted molar refractivity (Wildman–Crippen MR) is 156 cm³/mol. The van der Waals surface area contributed by atoms with Crippen LogP contribution in [0, 0.1) is 0 Å². The quantitative estimate of drug-likeness (QED) is 0.297. The van der Waals surface area contributed by atoms with Crippen molar-refractivity contribution in [3.8, 4) is 11.5 Å². The van der Waals surface area contributed by atoms with Gasteiger partial charge in [0.25, 0.3) is 5.56 Å². The van der Waals surface area contributed by atoms with E-state index in [2.05, 4.69) is 15.1 Å². The van der Waals surface area contributed by atoms with E-state index in [-0.39, 0.29) is 51.6 Å². The fraction of sp³-hybridized carbons (Fsp3) is 0.448. The van der Waals surface area contributed by atoms with Gasteiger partial charge in [0.05, 0.1) is 32.0 Å². The molecule has 0 aliphatic carbocycles. The van der Waals surface area contributed by atoms with Crippen molar-refractivity contribution in [2.24, 2.45) is 0 Å². The molecule has 0 bridgehead atoms. The standard InChI is InChI=1S/C29H31F6N7O6/c1-18(48-22-15-38-42(25(44)24(22)29(33,34)35)17-19-3-5-21(47-2)6-4-19)16-41(27(45)46)8-7-23(43)39-9-11-40(12-10-39)26-36-13-20(14-37-26)28(30,31)32/h3-6,13-15,18H,7-12,16-17H2,1-2H3,(H,45,46)/t18-/m0/s1. The summed E-state index contributed by atoms with van der Waals surface area (Å²) < 4.78 is 91.4. The zero-order chi connectivity index (χ0) is 35.2. The van der Waals surface area contributed by atoms with Crippen LogP contribution >= 0.6 is 0 Å². The molecule has 0 radical (unpaired) electrons. The number of benzene rings is 1. The first-order valence-corrected chi connectivity index (χ1v) is 14.4. The van der Waals surface area contributed by atoms with Crippen molar-refractivity contribution >= 4 is 17.9 Å². The van der Waals surface area contributed by atoms with Crippen LogP contribution in [0.15, 0.2) is 47.7 Å². The van der Waals surface area contributed by atoms with Gasteiger partial charge in [-0.15, -0.1) is 0 Å². The number of anilines is 1. The monoisotopic (exact) mass is 687 g/mol. The second kappa shape index (κ2) is 14.8. The van der Waals surface area contributed by atoms with Crippen LogP contribution in [-0.2, 0) is 23.7 Å². The number of methoxy groups -OCH3 is 1. The van der Waals surface area contributed by atoms with Gasteiger partial charge in [0, 0.05) is 51.5 Å². The lowest BCUT2D eigenvalue weighted by Gasteiger charge is -2.35. The van der Waals surface area contributed by atoms with Crippen molar-refractivity contribution in [2.45, 2.75) is 38.3 Å². The molecule has 1 saturated heterocycles. The zero-order valence-electron chi connectivity index (χ0n) is 25.7. The van der Waals surface area contributed by atoms with Gasteiger partial charge in [0.15, 0.2) is 11.3 Å². The Hall–Kier alpha value is -5.10. The number of rotatable bonds is 11. The van der Waals surface area contributed by atoms with Crippen molar-refractivity contribution in [1.82, 2.24) is 29.5 Å². The smallest absolute Gasteiger partial charge is 0.425 e. The fourth-order valence-corrected chi connectivity index (χ4v) is 4.85. The third-order valence-corrected chi connectivity index (χ3v) is 7.34. The molecule has 1 atom stereocenters. The molecule has 260 valence electrons. The largest absolute Gasteiger partial charge is 0.497 e. The highest BCUT2D eigenvalue weighted by molar-refractivity contribution is 5.77. The third-order valence-electron chi connectivity index (χ3n) is 7.34. The van der Waals surface area contributed by atoms with Crippen molar-refractivity contribution in [3.63, 3.8) is 0 Å². The van der Waals surface area contributed by atoms with Gasteiger partial charge >= 0.3 is 18.4 Å². The number of ether oxygens (including phenoxy) is 2. The van der Waals surface area contributed by atoms with E-state index in [4.69, 9.17) is 9.47 Å². The van der Waals surface area contributed by atoms with Gasteiger partial charge in [-0.05, 0) is 24.6 Å². The van der Waals surface area contributed by atoms with E-state index in [1.54, 1.807) is 29.2 Å². The number of carbonyl (C=O) groups is 2. The number of nitrogens with zero attached hydrogens (tertiary/aromatic N) is 7. The highest BCUT2D eigenvalue weighted by atomic mass is 19.4. The number of alkyl halides is 6. The lowest BCUT2D eigenvalue weighted by molar-refractivity contribution is -0.141. The summed E-state index contributed by atoms with van der Waals surface area (Å²) >= 11 is 0. The van der Waals surface area contributed by atoms with E-state index >= 15 is 0 Å². The van der Waals surface area contributed by atoms with Crippen molar-refractivity contribution < 1.29 is 50.5 Å². The van der Waals surface area contributed by atoms with Gasteiger partial charge in [-0.3, -0.25) is 9.59 Å². The number of hydrogen-bond acceptors (Lipinski definition) is 9. The molecule has 3 heterocycles. The molecule has 0 spiro atoms. The number of carbonyl (C=O) groups excluding carboxylic acids is 1. The van der Waals surface area contributed by atoms with Crippen LogP contribution < -0.4 is 19.9 Å². The SMILES string of the molecule is COc1ccc(Cn2ncc(O[C@@H](C)CN(CCC(=O)N3CCN(c4ncc(C(F)(F)F)cn4)CC3)C(=O)O)c(C(F)(F)F)c2=O)cc1. The minimum absolute atomic E-state index is 0.0691. The number of amides is 2. The molecule has 1 aromatic carbocycles. The Balaban J connectivity index is 1.34. The summed E-state index contributed by atoms with van der Waals surface area (Å²) in [4.78, 5) is 48.9. The van der Waals surface area contributed by atoms with Gasteiger partial charge in [-0.2, -0.15) is 31.4 Å². The Morgan fingerprint density at radius 1 is 0.979 bits per heavy atom. The molecule has 48 heavy (non-hydrogen) atoms. The molecule has 2 aromatic heterocycles. The molecule has 19 heteroatoms. The van der Waals surface area contributed by atoms with Crippen molar-refractivity contribution in [3.05, 3.63) is 69.9 Å². The second-order valence-corrected chi connectivity index (χ2v) is 10.7. The highest BCUT2D eigenvalue weighted by Gasteiger charge is 2.40. The molecule has 1 aliphatic rings. The molecule has 1 N–H and O–H groups in total. The average Bonchev–Trinajstić information content (AvgIpc) is 3.03. The first-order chi connectivity index (χ1) is 22.6. The fourth-order valence-electron chi connectivity index (χ4n) is 4.85.